The number of rotatable bonds is 5. The fraction of sp³-hybridized carbons (Fsp3) is 0.154. The second-order valence-corrected chi connectivity index (χ2v) is 8.05. The number of nitrogens with zero attached hydrogens (tertiary/aromatic N) is 4. The van der Waals surface area contributed by atoms with Crippen molar-refractivity contribution >= 4 is 5.71 Å². The molecule has 9 heteroatoms. The summed E-state index contributed by atoms with van der Waals surface area (Å²) in [6.45, 7) is 0.570. The third-order valence-corrected chi connectivity index (χ3v) is 5.79. The van der Waals surface area contributed by atoms with Crippen LogP contribution in [0, 0.1) is 0 Å². The van der Waals surface area contributed by atoms with Crippen LogP contribution in [0.25, 0.3) is 11.1 Å². The first-order valence-electron chi connectivity index (χ1n) is 10.7. The molecule has 35 heavy (non-hydrogen) atoms. The molecule has 0 aliphatic carbocycles. The topological polar surface area (TPSA) is 69.4 Å². The van der Waals surface area contributed by atoms with Crippen LogP contribution in [0.1, 0.15) is 27.9 Å². The van der Waals surface area contributed by atoms with Crippen LogP contribution in [0.5, 0.6) is 5.88 Å². The molecule has 5 rings (SSSR count). The first-order chi connectivity index (χ1) is 16.8. The average molecular weight is 476 g/mol. The van der Waals surface area contributed by atoms with Gasteiger partial charge in [0.2, 0.25) is 5.88 Å². The maximum atomic E-state index is 12.9. The maximum Gasteiger partial charge on any atom is 0.433 e. The van der Waals surface area contributed by atoms with Gasteiger partial charge in [0, 0.05) is 41.9 Å². The number of hydrogen-bond acceptors (Lipinski definition) is 5. The standard InChI is InChI=1S/C26H19F3N4O2/c1-35-23-5-4-20(14-31-23)25-21-11-17(2-3-19(21)13-32-25)18-7-9-33(24(34)12-18)15-16-6-8-30-22(10-16)26(27,28)29/h2-12,14H,13,15H2,1H3. The molecule has 0 saturated carbocycles. The van der Waals surface area contributed by atoms with Crippen LogP contribution in [0.2, 0.25) is 0 Å². The van der Waals surface area contributed by atoms with E-state index in [-0.39, 0.29) is 12.1 Å². The summed E-state index contributed by atoms with van der Waals surface area (Å²) in [7, 11) is 1.56. The van der Waals surface area contributed by atoms with Gasteiger partial charge in [-0.2, -0.15) is 13.2 Å². The quantitative estimate of drug-likeness (QED) is 0.418. The Morgan fingerprint density at radius 3 is 2.49 bits per heavy atom. The van der Waals surface area contributed by atoms with Gasteiger partial charge in [0.1, 0.15) is 5.69 Å². The van der Waals surface area contributed by atoms with Gasteiger partial charge in [0.25, 0.3) is 5.56 Å². The monoisotopic (exact) mass is 476 g/mol. The molecule has 0 saturated heterocycles. The number of methoxy groups -OCH3 is 1. The lowest BCUT2D eigenvalue weighted by Crippen LogP contribution is -2.19. The van der Waals surface area contributed by atoms with E-state index in [0.29, 0.717) is 23.6 Å². The lowest BCUT2D eigenvalue weighted by molar-refractivity contribution is -0.141. The normalized spacial score (nSPS) is 12.9. The summed E-state index contributed by atoms with van der Waals surface area (Å²) in [5, 5.41) is 0. The molecule has 0 spiro atoms. The van der Waals surface area contributed by atoms with Gasteiger partial charge in [-0.15, -0.1) is 0 Å². The second kappa shape index (κ2) is 8.83. The highest BCUT2D eigenvalue weighted by Gasteiger charge is 2.32. The second-order valence-electron chi connectivity index (χ2n) is 8.05. The zero-order valence-electron chi connectivity index (χ0n) is 18.6. The summed E-state index contributed by atoms with van der Waals surface area (Å²) in [5.74, 6) is 0.517. The number of hydrogen-bond donors (Lipinski definition) is 0. The first kappa shape index (κ1) is 22.5. The molecule has 4 heterocycles. The predicted octanol–water partition coefficient (Wildman–Crippen LogP) is 4.73. The summed E-state index contributed by atoms with van der Waals surface area (Å²) in [4.78, 5) is 25.0. The Balaban J connectivity index is 1.42. The van der Waals surface area contributed by atoms with E-state index < -0.39 is 11.9 Å². The van der Waals surface area contributed by atoms with Crippen LogP contribution < -0.4 is 10.3 Å². The van der Waals surface area contributed by atoms with Gasteiger partial charge in [0.05, 0.1) is 25.9 Å². The third-order valence-electron chi connectivity index (χ3n) is 5.79. The average Bonchev–Trinajstić information content (AvgIpc) is 3.28. The number of halogens is 3. The van der Waals surface area contributed by atoms with Crippen LogP contribution >= 0.6 is 0 Å². The fourth-order valence-corrected chi connectivity index (χ4v) is 3.99. The molecule has 6 nitrogen and oxygen atoms in total. The highest BCUT2D eigenvalue weighted by Crippen LogP contribution is 2.29. The van der Waals surface area contributed by atoms with E-state index in [9.17, 15) is 18.0 Å². The molecule has 0 atom stereocenters. The molecule has 3 aromatic heterocycles. The largest absolute Gasteiger partial charge is 0.481 e. The molecule has 1 aliphatic heterocycles. The zero-order valence-corrected chi connectivity index (χ0v) is 18.6. The summed E-state index contributed by atoms with van der Waals surface area (Å²) < 4.78 is 45.3. The van der Waals surface area contributed by atoms with Gasteiger partial charge in [-0.05, 0) is 52.6 Å². The summed E-state index contributed by atoms with van der Waals surface area (Å²) >= 11 is 0. The van der Waals surface area contributed by atoms with Gasteiger partial charge < -0.3 is 9.30 Å². The Labute approximate surface area is 198 Å². The Bertz CT molecular complexity index is 1490. The van der Waals surface area contributed by atoms with E-state index in [0.717, 1.165) is 40.2 Å². The van der Waals surface area contributed by atoms with E-state index in [1.807, 2.05) is 24.3 Å². The Kier molecular flexibility index (Phi) is 5.68. The molecule has 0 unspecified atom stereocenters. The lowest BCUT2D eigenvalue weighted by atomic mass is 9.96. The van der Waals surface area contributed by atoms with E-state index >= 15 is 0 Å². The van der Waals surface area contributed by atoms with E-state index in [4.69, 9.17) is 4.74 Å². The minimum Gasteiger partial charge on any atom is -0.481 e. The molecule has 4 aromatic rings. The Morgan fingerprint density at radius 1 is 0.971 bits per heavy atom. The minimum atomic E-state index is -4.54. The Hall–Kier alpha value is -4.27. The van der Waals surface area contributed by atoms with Gasteiger partial charge >= 0.3 is 6.18 Å². The number of pyridine rings is 3. The number of ether oxygens (including phenoxy) is 1. The van der Waals surface area contributed by atoms with E-state index in [1.165, 1.54) is 16.7 Å². The van der Waals surface area contributed by atoms with Gasteiger partial charge in [-0.25, -0.2) is 4.98 Å². The van der Waals surface area contributed by atoms with Gasteiger partial charge in [0.15, 0.2) is 0 Å². The van der Waals surface area contributed by atoms with Crippen molar-refractivity contribution in [1.82, 2.24) is 14.5 Å². The van der Waals surface area contributed by atoms with Crippen molar-refractivity contribution in [2.45, 2.75) is 19.3 Å². The minimum absolute atomic E-state index is 0.0101. The van der Waals surface area contributed by atoms with Crippen molar-refractivity contribution in [3.05, 3.63) is 111 Å². The van der Waals surface area contributed by atoms with E-state index in [2.05, 4.69) is 15.0 Å². The third kappa shape index (κ3) is 4.57. The number of alkyl halides is 3. The lowest BCUT2D eigenvalue weighted by Gasteiger charge is -2.11. The highest BCUT2D eigenvalue weighted by atomic mass is 19.4. The number of aliphatic imine (C=N–C) groups is 1. The molecule has 0 radical (unpaired) electrons. The molecule has 0 N–H and O–H groups in total. The summed E-state index contributed by atoms with van der Waals surface area (Å²) in [5.41, 5.74) is 4.32. The molecule has 176 valence electrons. The predicted molar refractivity (Wildman–Crippen MR) is 125 cm³/mol. The van der Waals surface area contributed by atoms with Crippen LogP contribution in [0.15, 0.2) is 83.0 Å². The first-order valence-corrected chi connectivity index (χ1v) is 10.7. The highest BCUT2D eigenvalue weighted by molar-refractivity contribution is 6.15. The smallest absolute Gasteiger partial charge is 0.433 e. The molecular weight excluding hydrogens is 457 g/mol. The molecule has 0 amide bonds. The van der Waals surface area contributed by atoms with Crippen LogP contribution in [-0.2, 0) is 19.3 Å². The number of fused-ring (bicyclic) bond motifs is 1. The maximum absolute atomic E-state index is 12.9. The fourth-order valence-electron chi connectivity index (χ4n) is 3.99. The van der Waals surface area contributed by atoms with Crippen molar-refractivity contribution in [2.24, 2.45) is 4.99 Å². The number of aromatic nitrogens is 3. The zero-order chi connectivity index (χ0) is 24.6. The van der Waals surface area contributed by atoms with Gasteiger partial charge in [-0.1, -0.05) is 12.1 Å². The summed E-state index contributed by atoms with van der Waals surface area (Å²) in [6, 6.07) is 15.3. The van der Waals surface area contributed by atoms with Crippen molar-refractivity contribution in [3.63, 3.8) is 0 Å². The van der Waals surface area contributed by atoms with Crippen LogP contribution in [0.3, 0.4) is 0 Å². The molecule has 0 fully saturated rings. The molecule has 1 aromatic carbocycles. The molecule has 0 bridgehead atoms. The van der Waals surface area contributed by atoms with Crippen molar-refractivity contribution in [2.75, 3.05) is 7.11 Å². The van der Waals surface area contributed by atoms with E-state index in [1.54, 1.807) is 31.6 Å². The Morgan fingerprint density at radius 2 is 1.77 bits per heavy atom. The van der Waals surface area contributed by atoms with Crippen LogP contribution in [0.4, 0.5) is 13.2 Å². The van der Waals surface area contributed by atoms with Crippen LogP contribution in [-0.4, -0.2) is 27.4 Å². The summed E-state index contributed by atoms with van der Waals surface area (Å²) in [6.07, 6.45) is -0.146. The van der Waals surface area contributed by atoms with Gasteiger partial charge in [-0.3, -0.25) is 14.8 Å². The van der Waals surface area contributed by atoms with Crippen molar-refractivity contribution in [1.29, 1.82) is 0 Å². The molecular formula is C26H19F3N4O2. The van der Waals surface area contributed by atoms with Crippen molar-refractivity contribution in [3.8, 4) is 17.0 Å². The number of benzene rings is 1. The SMILES string of the molecule is COc1ccc(C2=NCc3ccc(-c4ccn(Cc5ccnc(C(F)(F)F)c5)c(=O)c4)cc32)cn1. The molecule has 1 aliphatic rings. The van der Waals surface area contributed by atoms with Crippen molar-refractivity contribution < 1.29 is 17.9 Å².